The largest absolute Gasteiger partial charge is 0.508 e. The van der Waals surface area contributed by atoms with Crippen molar-refractivity contribution in [3.63, 3.8) is 0 Å². The van der Waals surface area contributed by atoms with E-state index in [0.717, 1.165) is 17.8 Å². The van der Waals surface area contributed by atoms with Crippen molar-refractivity contribution < 1.29 is 9.90 Å². The third-order valence-electron chi connectivity index (χ3n) is 4.05. The zero-order valence-corrected chi connectivity index (χ0v) is 14.1. The highest BCUT2D eigenvalue weighted by molar-refractivity contribution is 7.99. The molecule has 1 aromatic heterocycles. The van der Waals surface area contributed by atoms with Gasteiger partial charge in [0.15, 0.2) is 0 Å². The molecule has 0 spiro atoms. The standard InChI is InChI=1S/C17H15N5O2S/c23-14-7-5-13(6-8-14)22-17(18-19-20-22)25-11-16(24)21-10-9-12-3-1-2-4-15(12)21/h1-8,23H,9-11H2. The van der Waals surface area contributed by atoms with Crippen LogP contribution in [-0.4, -0.2) is 43.5 Å². The summed E-state index contributed by atoms with van der Waals surface area (Å²) in [5, 5.41) is 21.6. The maximum atomic E-state index is 12.6. The van der Waals surface area contributed by atoms with E-state index in [4.69, 9.17) is 0 Å². The summed E-state index contributed by atoms with van der Waals surface area (Å²) in [6.45, 7) is 0.710. The number of carbonyl (C=O) groups excluding carboxylic acids is 1. The predicted molar refractivity (Wildman–Crippen MR) is 94.0 cm³/mol. The number of hydrogen-bond acceptors (Lipinski definition) is 6. The Morgan fingerprint density at radius 2 is 1.96 bits per heavy atom. The van der Waals surface area contributed by atoms with E-state index in [0.29, 0.717) is 11.7 Å². The van der Waals surface area contributed by atoms with Gasteiger partial charge in [-0.3, -0.25) is 4.79 Å². The van der Waals surface area contributed by atoms with Gasteiger partial charge in [-0.1, -0.05) is 30.0 Å². The average molecular weight is 353 g/mol. The van der Waals surface area contributed by atoms with E-state index in [1.54, 1.807) is 28.9 Å². The zero-order valence-electron chi connectivity index (χ0n) is 13.2. The molecule has 1 N–H and O–H groups in total. The molecule has 0 saturated carbocycles. The number of amides is 1. The number of rotatable bonds is 4. The van der Waals surface area contributed by atoms with E-state index >= 15 is 0 Å². The summed E-state index contributed by atoms with van der Waals surface area (Å²) in [4.78, 5) is 14.4. The van der Waals surface area contributed by atoms with Crippen LogP contribution in [0.3, 0.4) is 0 Å². The third kappa shape index (κ3) is 3.08. The number of phenolic OH excluding ortho intramolecular Hbond substituents is 1. The summed E-state index contributed by atoms with van der Waals surface area (Å²) >= 11 is 1.30. The van der Waals surface area contributed by atoms with E-state index in [9.17, 15) is 9.90 Å². The molecule has 7 nitrogen and oxygen atoms in total. The molecule has 0 radical (unpaired) electrons. The fourth-order valence-corrected chi connectivity index (χ4v) is 3.59. The fraction of sp³-hybridized carbons (Fsp3) is 0.176. The quantitative estimate of drug-likeness (QED) is 0.723. The minimum absolute atomic E-state index is 0.0372. The highest BCUT2D eigenvalue weighted by Gasteiger charge is 2.24. The van der Waals surface area contributed by atoms with Gasteiger partial charge in [0.1, 0.15) is 5.75 Å². The number of hydrogen-bond donors (Lipinski definition) is 1. The third-order valence-corrected chi connectivity index (χ3v) is 4.95. The van der Waals surface area contributed by atoms with Crippen molar-refractivity contribution in [2.45, 2.75) is 11.6 Å². The maximum absolute atomic E-state index is 12.6. The molecular formula is C17H15N5O2S. The number of tetrazole rings is 1. The Morgan fingerprint density at radius 3 is 2.80 bits per heavy atom. The van der Waals surface area contributed by atoms with Crippen LogP contribution in [0.1, 0.15) is 5.56 Å². The molecule has 0 bridgehead atoms. The first-order valence-corrected chi connectivity index (χ1v) is 8.80. The number of para-hydroxylation sites is 1. The second kappa shape index (κ2) is 6.56. The second-order valence-corrected chi connectivity index (χ2v) is 6.54. The normalized spacial score (nSPS) is 13.0. The first kappa shape index (κ1) is 15.6. The number of phenols is 1. The van der Waals surface area contributed by atoms with Gasteiger partial charge < -0.3 is 10.0 Å². The molecule has 8 heteroatoms. The topological polar surface area (TPSA) is 84.1 Å². The molecule has 3 aromatic rings. The van der Waals surface area contributed by atoms with Crippen LogP contribution < -0.4 is 4.90 Å². The van der Waals surface area contributed by atoms with Gasteiger partial charge in [-0.2, -0.15) is 4.68 Å². The molecule has 0 aliphatic carbocycles. The molecule has 2 aromatic carbocycles. The number of fused-ring (bicyclic) bond motifs is 1. The van der Waals surface area contributed by atoms with Gasteiger partial charge in [0.05, 0.1) is 11.4 Å². The van der Waals surface area contributed by atoms with E-state index < -0.39 is 0 Å². The van der Waals surface area contributed by atoms with Crippen molar-refractivity contribution >= 4 is 23.4 Å². The number of carbonyl (C=O) groups is 1. The van der Waals surface area contributed by atoms with Crippen molar-refractivity contribution in [3.05, 3.63) is 54.1 Å². The number of aromatic nitrogens is 4. The lowest BCUT2D eigenvalue weighted by atomic mass is 10.2. The number of thioether (sulfide) groups is 1. The molecule has 2 heterocycles. The number of aromatic hydroxyl groups is 1. The highest BCUT2D eigenvalue weighted by atomic mass is 32.2. The van der Waals surface area contributed by atoms with E-state index in [1.807, 2.05) is 23.1 Å². The van der Waals surface area contributed by atoms with Gasteiger partial charge in [0, 0.05) is 12.2 Å². The minimum atomic E-state index is 0.0372. The molecule has 0 saturated heterocycles. The van der Waals surface area contributed by atoms with Crippen LogP contribution in [0.2, 0.25) is 0 Å². The van der Waals surface area contributed by atoms with Gasteiger partial charge in [0.2, 0.25) is 11.1 Å². The van der Waals surface area contributed by atoms with Crippen molar-refractivity contribution in [3.8, 4) is 11.4 Å². The fourth-order valence-electron chi connectivity index (χ4n) is 2.83. The SMILES string of the molecule is O=C(CSc1nnnn1-c1ccc(O)cc1)N1CCc2ccccc21. The van der Waals surface area contributed by atoms with Crippen molar-refractivity contribution in [2.24, 2.45) is 0 Å². The second-order valence-electron chi connectivity index (χ2n) is 5.60. The molecule has 0 unspecified atom stereocenters. The number of anilines is 1. The first-order chi connectivity index (χ1) is 12.2. The zero-order chi connectivity index (χ0) is 17.2. The average Bonchev–Trinajstić information content (AvgIpc) is 3.27. The van der Waals surface area contributed by atoms with Crippen LogP contribution in [0.5, 0.6) is 5.75 Å². The molecule has 4 rings (SSSR count). The maximum Gasteiger partial charge on any atom is 0.237 e. The monoisotopic (exact) mass is 353 g/mol. The Balaban J connectivity index is 1.47. The lowest BCUT2D eigenvalue weighted by molar-refractivity contribution is -0.116. The smallest absolute Gasteiger partial charge is 0.237 e. The summed E-state index contributed by atoms with van der Waals surface area (Å²) in [6.07, 6.45) is 0.887. The minimum Gasteiger partial charge on any atom is -0.508 e. The molecule has 1 aliphatic heterocycles. The summed E-state index contributed by atoms with van der Waals surface area (Å²) in [6, 6.07) is 14.5. The summed E-state index contributed by atoms with van der Waals surface area (Å²) in [5.41, 5.74) is 2.92. The van der Waals surface area contributed by atoms with E-state index in [-0.39, 0.29) is 17.4 Å². The molecule has 25 heavy (non-hydrogen) atoms. The summed E-state index contributed by atoms with van der Waals surface area (Å²) in [5.74, 6) is 0.469. The Bertz CT molecular complexity index is 909. The van der Waals surface area contributed by atoms with Crippen molar-refractivity contribution in [1.82, 2.24) is 20.2 Å². The summed E-state index contributed by atoms with van der Waals surface area (Å²) in [7, 11) is 0. The predicted octanol–water partition coefficient (Wildman–Crippen LogP) is 2.05. The lowest BCUT2D eigenvalue weighted by Crippen LogP contribution is -2.30. The molecular weight excluding hydrogens is 338 g/mol. The van der Waals surface area contributed by atoms with Gasteiger partial charge in [-0.05, 0) is 52.7 Å². The summed E-state index contributed by atoms with van der Waals surface area (Å²) < 4.78 is 1.55. The number of benzene rings is 2. The van der Waals surface area contributed by atoms with Crippen molar-refractivity contribution in [1.29, 1.82) is 0 Å². The molecule has 1 amide bonds. The Hall–Kier alpha value is -2.87. The molecule has 0 fully saturated rings. The van der Waals surface area contributed by atoms with Crippen LogP contribution in [0.15, 0.2) is 53.7 Å². The van der Waals surface area contributed by atoms with Crippen LogP contribution >= 0.6 is 11.8 Å². The Kier molecular flexibility index (Phi) is 4.10. The molecule has 1 aliphatic rings. The molecule has 126 valence electrons. The Morgan fingerprint density at radius 1 is 1.16 bits per heavy atom. The number of nitrogens with zero attached hydrogens (tertiary/aromatic N) is 5. The van der Waals surface area contributed by atoms with Gasteiger partial charge in [-0.25, -0.2) is 0 Å². The first-order valence-electron chi connectivity index (χ1n) is 7.81. The highest BCUT2D eigenvalue weighted by Crippen LogP contribution is 2.29. The molecule has 0 atom stereocenters. The van der Waals surface area contributed by atoms with Gasteiger partial charge >= 0.3 is 0 Å². The Labute approximate surface area is 148 Å². The lowest BCUT2D eigenvalue weighted by Gasteiger charge is -2.16. The van der Waals surface area contributed by atoms with E-state index in [2.05, 4.69) is 21.6 Å². The van der Waals surface area contributed by atoms with Crippen LogP contribution in [0.4, 0.5) is 5.69 Å². The van der Waals surface area contributed by atoms with E-state index in [1.165, 1.54) is 17.3 Å². The van der Waals surface area contributed by atoms with Crippen LogP contribution in [0, 0.1) is 0 Å². The van der Waals surface area contributed by atoms with Gasteiger partial charge in [0.25, 0.3) is 0 Å². The van der Waals surface area contributed by atoms with Crippen molar-refractivity contribution in [2.75, 3.05) is 17.2 Å². The van der Waals surface area contributed by atoms with Crippen LogP contribution in [0.25, 0.3) is 5.69 Å². The van der Waals surface area contributed by atoms with Crippen LogP contribution in [-0.2, 0) is 11.2 Å². The van der Waals surface area contributed by atoms with Gasteiger partial charge in [-0.15, -0.1) is 5.10 Å².